The Labute approximate surface area is 217 Å². The Balaban J connectivity index is 2.93. The van der Waals surface area contributed by atoms with Gasteiger partial charge in [-0.05, 0) is 50.7 Å². The van der Waals surface area contributed by atoms with Crippen molar-refractivity contribution in [3.63, 3.8) is 0 Å². The van der Waals surface area contributed by atoms with Crippen molar-refractivity contribution in [3.05, 3.63) is 28.8 Å². The van der Waals surface area contributed by atoms with E-state index in [4.69, 9.17) is 13.8 Å². The summed E-state index contributed by atoms with van der Waals surface area (Å²) in [6.45, 7) is 15.9. The van der Waals surface area contributed by atoms with E-state index in [9.17, 15) is 4.57 Å². The molecule has 0 aliphatic carbocycles. The lowest BCUT2D eigenvalue weighted by molar-refractivity contribution is 0.195. The summed E-state index contributed by atoms with van der Waals surface area (Å²) in [7, 11) is -3.28. The molecule has 0 heterocycles. The highest BCUT2D eigenvalue weighted by Gasteiger charge is 2.28. The van der Waals surface area contributed by atoms with Crippen LogP contribution in [0.2, 0.25) is 0 Å². The summed E-state index contributed by atoms with van der Waals surface area (Å²) in [6.07, 6.45) is 14.4. The molecule has 1 aromatic carbocycles. The Morgan fingerprint density at radius 3 is 1.69 bits per heavy atom. The van der Waals surface area contributed by atoms with Gasteiger partial charge in [-0.1, -0.05) is 104 Å². The Morgan fingerprint density at radius 1 is 0.743 bits per heavy atom. The van der Waals surface area contributed by atoms with Crippen molar-refractivity contribution < 1.29 is 18.3 Å². The molecule has 35 heavy (non-hydrogen) atoms. The molecular formula is C30H55O4P. The van der Waals surface area contributed by atoms with E-state index in [0.29, 0.717) is 19.1 Å². The number of hydrogen-bond donors (Lipinski definition) is 0. The van der Waals surface area contributed by atoms with Crippen LogP contribution in [-0.2, 0) is 19.8 Å². The number of rotatable bonds is 21. The maximum absolute atomic E-state index is 14.0. The van der Waals surface area contributed by atoms with Crippen molar-refractivity contribution in [1.29, 1.82) is 0 Å². The minimum absolute atomic E-state index is 0.0461. The van der Waals surface area contributed by atoms with E-state index >= 15 is 0 Å². The first-order valence-corrected chi connectivity index (χ1v) is 16.1. The van der Waals surface area contributed by atoms with Gasteiger partial charge in [-0.2, -0.15) is 0 Å². The molecule has 0 amide bonds. The average molecular weight is 511 g/mol. The highest BCUT2D eigenvalue weighted by Crippen LogP contribution is 2.53. The number of hydrogen-bond acceptors (Lipinski definition) is 4. The van der Waals surface area contributed by atoms with E-state index in [1.54, 1.807) is 0 Å². The SMILES string of the molecule is CCCCCCCCOP(=O)(Cc1cc(C(C)C)cc(C)c1OC(C)C)OCCCCCCCC. The molecule has 0 bridgehead atoms. The summed E-state index contributed by atoms with van der Waals surface area (Å²) in [6, 6.07) is 4.33. The van der Waals surface area contributed by atoms with E-state index in [2.05, 4.69) is 46.8 Å². The Morgan fingerprint density at radius 2 is 1.23 bits per heavy atom. The standard InChI is InChI=1S/C30H55O4P/c1-8-10-12-14-16-18-20-32-35(31,33-21-19-17-15-13-11-9-2)24-29-23-28(25(3)4)22-27(7)30(29)34-26(5)6/h22-23,25-26H,8-21,24H2,1-7H3. The van der Waals surface area contributed by atoms with Crippen molar-refractivity contribution in [3.8, 4) is 5.75 Å². The van der Waals surface area contributed by atoms with Gasteiger partial charge in [-0.15, -0.1) is 0 Å². The molecule has 204 valence electrons. The lowest BCUT2D eigenvalue weighted by atomic mass is 9.97. The van der Waals surface area contributed by atoms with Gasteiger partial charge in [-0.25, -0.2) is 0 Å². The van der Waals surface area contributed by atoms with Gasteiger partial charge >= 0.3 is 7.60 Å². The maximum atomic E-state index is 14.0. The lowest BCUT2D eigenvalue weighted by Crippen LogP contribution is -2.11. The van der Waals surface area contributed by atoms with Crippen molar-refractivity contribution in [1.82, 2.24) is 0 Å². The van der Waals surface area contributed by atoms with Crippen LogP contribution in [0.25, 0.3) is 0 Å². The van der Waals surface area contributed by atoms with Crippen molar-refractivity contribution in [2.24, 2.45) is 0 Å². The highest BCUT2D eigenvalue weighted by atomic mass is 31.2. The molecule has 1 rings (SSSR count). The monoisotopic (exact) mass is 510 g/mol. The zero-order valence-electron chi connectivity index (χ0n) is 24.0. The smallest absolute Gasteiger partial charge is 0.335 e. The summed E-state index contributed by atoms with van der Waals surface area (Å²) in [5.41, 5.74) is 3.25. The van der Waals surface area contributed by atoms with Gasteiger partial charge in [0.1, 0.15) is 5.75 Å². The molecule has 1 aromatic rings. The molecule has 0 spiro atoms. The summed E-state index contributed by atoms with van der Waals surface area (Å²) in [5, 5.41) is 0. The number of ether oxygens (including phenoxy) is 1. The molecule has 0 unspecified atom stereocenters. The van der Waals surface area contributed by atoms with E-state index in [-0.39, 0.29) is 12.3 Å². The quantitative estimate of drug-likeness (QED) is 0.122. The Bertz CT molecular complexity index is 707. The van der Waals surface area contributed by atoms with Crippen LogP contribution in [0, 0.1) is 6.92 Å². The molecule has 5 heteroatoms. The van der Waals surface area contributed by atoms with Gasteiger partial charge < -0.3 is 13.8 Å². The molecule has 0 aromatic heterocycles. The molecular weight excluding hydrogens is 455 g/mol. The van der Waals surface area contributed by atoms with E-state index < -0.39 is 7.60 Å². The first-order valence-electron chi connectivity index (χ1n) is 14.4. The predicted octanol–water partition coefficient (Wildman–Crippen LogP) is 10.4. The second-order valence-electron chi connectivity index (χ2n) is 10.6. The topological polar surface area (TPSA) is 44.8 Å². The first-order chi connectivity index (χ1) is 16.7. The fourth-order valence-corrected chi connectivity index (χ4v) is 5.97. The minimum Gasteiger partial charge on any atom is -0.490 e. The minimum atomic E-state index is -3.28. The first kappa shape index (κ1) is 32.2. The summed E-state index contributed by atoms with van der Waals surface area (Å²) in [4.78, 5) is 0. The Hall–Kier alpha value is -0.830. The largest absolute Gasteiger partial charge is 0.490 e. The van der Waals surface area contributed by atoms with Gasteiger partial charge in [0, 0.05) is 5.56 Å². The third-order valence-corrected chi connectivity index (χ3v) is 8.21. The van der Waals surface area contributed by atoms with E-state index in [1.807, 2.05) is 13.8 Å². The summed E-state index contributed by atoms with van der Waals surface area (Å²) >= 11 is 0. The highest BCUT2D eigenvalue weighted by molar-refractivity contribution is 7.53. The zero-order chi connectivity index (χ0) is 26.1. The summed E-state index contributed by atoms with van der Waals surface area (Å²) in [5.74, 6) is 1.21. The molecule has 0 aliphatic rings. The third kappa shape index (κ3) is 13.9. The van der Waals surface area contributed by atoms with Crippen molar-refractivity contribution >= 4 is 7.60 Å². The van der Waals surface area contributed by atoms with Gasteiger partial charge in [-0.3, -0.25) is 4.57 Å². The van der Waals surface area contributed by atoms with Gasteiger partial charge in [0.25, 0.3) is 0 Å². The van der Waals surface area contributed by atoms with Crippen molar-refractivity contribution in [2.75, 3.05) is 13.2 Å². The van der Waals surface area contributed by atoms with Gasteiger partial charge in [0.15, 0.2) is 0 Å². The third-order valence-electron chi connectivity index (χ3n) is 6.33. The van der Waals surface area contributed by atoms with Crippen LogP contribution in [0.4, 0.5) is 0 Å². The fraction of sp³-hybridized carbons (Fsp3) is 0.800. The lowest BCUT2D eigenvalue weighted by Gasteiger charge is -2.23. The van der Waals surface area contributed by atoms with E-state index in [0.717, 1.165) is 42.6 Å². The molecule has 0 atom stereocenters. The molecule has 0 radical (unpaired) electrons. The van der Waals surface area contributed by atoms with Gasteiger partial charge in [0.2, 0.25) is 0 Å². The molecule has 0 saturated carbocycles. The van der Waals surface area contributed by atoms with Crippen molar-refractivity contribution in [2.45, 2.75) is 144 Å². The second kappa shape index (κ2) is 18.4. The molecule has 0 aliphatic heterocycles. The van der Waals surface area contributed by atoms with Crippen LogP contribution in [0.3, 0.4) is 0 Å². The van der Waals surface area contributed by atoms with E-state index in [1.165, 1.54) is 56.9 Å². The van der Waals surface area contributed by atoms with Crippen LogP contribution in [0.15, 0.2) is 12.1 Å². The second-order valence-corrected chi connectivity index (χ2v) is 12.7. The number of benzene rings is 1. The van der Waals surface area contributed by atoms with Crippen LogP contribution >= 0.6 is 7.60 Å². The maximum Gasteiger partial charge on any atom is 0.335 e. The number of unbranched alkanes of at least 4 members (excludes halogenated alkanes) is 10. The zero-order valence-corrected chi connectivity index (χ0v) is 24.9. The fourth-order valence-electron chi connectivity index (χ4n) is 4.24. The van der Waals surface area contributed by atoms with Crippen LogP contribution in [0.1, 0.15) is 141 Å². The van der Waals surface area contributed by atoms with Crippen LogP contribution in [-0.4, -0.2) is 19.3 Å². The molecule has 4 nitrogen and oxygen atoms in total. The molecule has 0 saturated heterocycles. The summed E-state index contributed by atoms with van der Waals surface area (Å²) < 4.78 is 32.3. The Kier molecular flexibility index (Phi) is 16.9. The predicted molar refractivity (Wildman–Crippen MR) is 151 cm³/mol. The van der Waals surface area contributed by atoms with Crippen LogP contribution in [0.5, 0.6) is 5.75 Å². The van der Waals surface area contributed by atoms with Gasteiger partial charge in [0.05, 0.1) is 25.5 Å². The molecule has 0 N–H and O–H groups in total. The molecule has 0 fully saturated rings. The average Bonchev–Trinajstić information content (AvgIpc) is 2.79. The number of aryl methyl sites for hydroxylation is 1. The normalized spacial score (nSPS) is 12.1. The van der Waals surface area contributed by atoms with Crippen LogP contribution < -0.4 is 4.74 Å².